The third-order valence-electron chi connectivity index (χ3n) is 2.65. The molecule has 0 aliphatic carbocycles. The van der Waals surface area contributed by atoms with E-state index in [4.69, 9.17) is 0 Å². The zero-order chi connectivity index (χ0) is 11.4. The van der Waals surface area contributed by atoms with Crippen molar-refractivity contribution in [3.8, 4) is 0 Å². The van der Waals surface area contributed by atoms with E-state index in [0.29, 0.717) is 0 Å². The molecule has 2 N–H and O–H groups in total. The van der Waals surface area contributed by atoms with Gasteiger partial charge in [-0.3, -0.25) is 0 Å². The Morgan fingerprint density at radius 2 is 1.53 bits per heavy atom. The molecular formula is C12H29N3. The van der Waals surface area contributed by atoms with Crippen molar-refractivity contribution in [2.75, 3.05) is 46.3 Å². The zero-order valence-corrected chi connectivity index (χ0v) is 10.8. The molecule has 3 nitrogen and oxygen atoms in total. The van der Waals surface area contributed by atoms with Crippen molar-refractivity contribution < 1.29 is 0 Å². The van der Waals surface area contributed by atoms with Gasteiger partial charge in [-0.15, -0.1) is 0 Å². The second-order valence-corrected chi connectivity index (χ2v) is 4.10. The first-order valence-electron chi connectivity index (χ1n) is 6.41. The molecule has 0 rings (SSSR count). The van der Waals surface area contributed by atoms with Crippen LogP contribution in [0.15, 0.2) is 0 Å². The zero-order valence-electron chi connectivity index (χ0n) is 10.8. The van der Waals surface area contributed by atoms with E-state index in [-0.39, 0.29) is 0 Å². The molecule has 0 aromatic rings. The van der Waals surface area contributed by atoms with Gasteiger partial charge in [-0.25, -0.2) is 0 Å². The molecule has 0 saturated carbocycles. The standard InChI is InChI=1S/C12H29N3/c1-4-6-7-8-13-9-10-14-11-12-15(3)5-2/h13-14H,4-12H2,1-3H3. The summed E-state index contributed by atoms with van der Waals surface area (Å²) in [6, 6.07) is 0. The molecule has 0 aliphatic rings. The van der Waals surface area contributed by atoms with E-state index in [0.717, 1.165) is 32.7 Å². The summed E-state index contributed by atoms with van der Waals surface area (Å²) < 4.78 is 0. The van der Waals surface area contributed by atoms with Crippen LogP contribution in [0.4, 0.5) is 0 Å². The maximum Gasteiger partial charge on any atom is 0.0104 e. The summed E-state index contributed by atoms with van der Waals surface area (Å²) in [4.78, 5) is 2.32. The average molecular weight is 215 g/mol. The van der Waals surface area contributed by atoms with Crippen molar-refractivity contribution in [3.05, 3.63) is 0 Å². The van der Waals surface area contributed by atoms with Crippen LogP contribution >= 0.6 is 0 Å². The van der Waals surface area contributed by atoms with E-state index in [9.17, 15) is 0 Å². The third-order valence-corrected chi connectivity index (χ3v) is 2.65. The minimum atomic E-state index is 1.09. The smallest absolute Gasteiger partial charge is 0.0104 e. The molecule has 0 atom stereocenters. The number of hydrogen-bond donors (Lipinski definition) is 2. The van der Waals surface area contributed by atoms with Crippen molar-refractivity contribution in [1.29, 1.82) is 0 Å². The highest BCUT2D eigenvalue weighted by molar-refractivity contribution is 4.55. The molecule has 0 aromatic heterocycles. The first-order valence-corrected chi connectivity index (χ1v) is 6.41. The number of hydrogen-bond acceptors (Lipinski definition) is 3. The first kappa shape index (κ1) is 14.9. The summed E-state index contributed by atoms with van der Waals surface area (Å²) in [6.45, 7) is 11.2. The quantitative estimate of drug-likeness (QED) is 0.509. The van der Waals surface area contributed by atoms with Crippen molar-refractivity contribution in [2.45, 2.75) is 33.1 Å². The van der Waals surface area contributed by atoms with Crippen LogP contribution in [0.3, 0.4) is 0 Å². The van der Waals surface area contributed by atoms with Gasteiger partial charge in [0.15, 0.2) is 0 Å². The molecule has 0 saturated heterocycles. The highest BCUT2D eigenvalue weighted by Gasteiger charge is 1.92. The van der Waals surface area contributed by atoms with E-state index in [1.54, 1.807) is 0 Å². The van der Waals surface area contributed by atoms with E-state index in [2.05, 4.69) is 36.4 Å². The van der Waals surface area contributed by atoms with Gasteiger partial charge in [0.1, 0.15) is 0 Å². The molecule has 3 heteroatoms. The van der Waals surface area contributed by atoms with Crippen LogP contribution in [0.25, 0.3) is 0 Å². The lowest BCUT2D eigenvalue weighted by Gasteiger charge is -2.14. The lowest BCUT2D eigenvalue weighted by atomic mass is 10.2. The summed E-state index contributed by atoms with van der Waals surface area (Å²) in [5, 5.41) is 6.88. The topological polar surface area (TPSA) is 27.3 Å². The van der Waals surface area contributed by atoms with Crippen molar-refractivity contribution in [2.24, 2.45) is 0 Å². The fourth-order valence-corrected chi connectivity index (χ4v) is 1.35. The predicted octanol–water partition coefficient (Wildman–Crippen LogP) is 1.31. The number of unbranched alkanes of at least 4 members (excludes halogenated alkanes) is 2. The summed E-state index contributed by atoms with van der Waals surface area (Å²) in [5.41, 5.74) is 0. The second-order valence-electron chi connectivity index (χ2n) is 4.10. The summed E-state index contributed by atoms with van der Waals surface area (Å²) in [6.07, 6.45) is 3.97. The van der Waals surface area contributed by atoms with Crippen LogP contribution in [0.1, 0.15) is 33.1 Å². The number of nitrogens with one attached hydrogen (secondary N) is 2. The molecule has 0 fully saturated rings. The Bertz CT molecular complexity index is 117. The van der Waals surface area contributed by atoms with Gasteiger partial charge in [-0.05, 0) is 26.6 Å². The molecule has 0 heterocycles. The minimum Gasteiger partial charge on any atom is -0.315 e. The lowest BCUT2D eigenvalue weighted by molar-refractivity contribution is 0.349. The van der Waals surface area contributed by atoms with Crippen LogP contribution < -0.4 is 10.6 Å². The summed E-state index contributed by atoms with van der Waals surface area (Å²) >= 11 is 0. The van der Waals surface area contributed by atoms with Crippen LogP contribution in [-0.4, -0.2) is 51.2 Å². The summed E-state index contributed by atoms with van der Waals surface area (Å²) in [7, 11) is 2.16. The molecule has 15 heavy (non-hydrogen) atoms. The third kappa shape index (κ3) is 11.8. The van der Waals surface area contributed by atoms with Gasteiger partial charge in [0.2, 0.25) is 0 Å². The predicted molar refractivity (Wildman–Crippen MR) is 68.4 cm³/mol. The Morgan fingerprint density at radius 3 is 2.13 bits per heavy atom. The van der Waals surface area contributed by atoms with Gasteiger partial charge in [0, 0.05) is 26.2 Å². The average Bonchev–Trinajstić information content (AvgIpc) is 2.26. The van der Waals surface area contributed by atoms with Crippen LogP contribution in [0.5, 0.6) is 0 Å². The van der Waals surface area contributed by atoms with Crippen LogP contribution in [-0.2, 0) is 0 Å². The lowest BCUT2D eigenvalue weighted by Crippen LogP contribution is -2.33. The fraction of sp³-hybridized carbons (Fsp3) is 1.00. The molecule has 0 bridgehead atoms. The molecule has 0 aromatic carbocycles. The van der Waals surface area contributed by atoms with Crippen LogP contribution in [0, 0.1) is 0 Å². The molecule has 92 valence electrons. The molecule has 0 radical (unpaired) electrons. The maximum absolute atomic E-state index is 3.45. The Kier molecular flexibility index (Phi) is 11.9. The summed E-state index contributed by atoms with van der Waals surface area (Å²) in [5.74, 6) is 0. The fourth-order valence-electron chi connectivity index (χ4n) is 1.35. The molecular weight excluding hydrogens is 186 g/mol. The van der Waals surface area contributed by atoms with Crippen LogP contribution in [0.2, 0.25) is 0 Å². The van der Waals surface area contributed by atoms with E-state index in [1.807, 2.05) is 0 Å². The normalized spacial score (nSPS) is 11.2. The van der Waals surface area contributed by atoms with Gasteiger partial charge in [0.25, 0.3) is 0 Å². The number of rotatable bonds is 11. The highest BCUT2D eigenvalue weighted by atomic mass is 15.1. The Labute approximate surface area is 95.6 Å². The molecule has 0 unspecified atom stereocenters. The highest BCUT2D eigenvalue weighted by Crippen LogP contribution is 1.90. The Balaban J connectivity index is 2.92. The Hall–Kier alpha value is -0.120. The SMILES string of the molecule is CCCCCNCCNCCN(C)CC. The van der Waals surface area contributed by atoms with E-state index >= 15 is 0 Å². The van der Waals surface area contributed by atoms with Gasteiger partial charge >= 0.3 is 0 Å². The van der Waals surface area contributed by atoms with Crippen molar-refractivity contribution in [3.63, 3.8) is 0 Å². The second kappa shape index (κ2) is 12.0. The van der Waals surface area contributed by atoms with E-state index in [1.165, 1.54) is 25.8 Å². The van der Waals surface area contributed by atoms with Gasteiger partial charge in [-0.2, -0.15) is 0 Å². The first-order chi connectivity index (χ1) is 7.31. The molecule has 0 aliphatic heterocycles. The van der Waals surface area contributed by atoms with Gasteiger partial charge < -0.3 is 15.5 Å². The number of likely N-dealkylation sites (N-methyl/N-ethyl adjacent to an activating group) is 1. The van der Waals surface area contributed by atoms with E-state index < -0.39 is 0 Å². The van der Waals surface area contributed by atoms with Gasteiger partial charge in [0.05, 0.1) is 0 Å². The van der Waals surface area contributed by atoms with Gasteiger partial charge in [-0.1, -0.05) is 26.7 Å². The largest absolute Gasteiger partial charge is 0.315 e. The Morgan fingerprint density at radius 1 is 0.867 bits per heavy atom. The monoisotopic (exact) mass is 215 g/mol. The maximum atomic E-state index is 3.45. The number of nitrogens with zero attached hydrogens (tertiary/aromatic N) is 1. The minimum absolute atomic E-state index is 1.09. The van der Waals surface area contributed by atoms with Crippen molar-refractivity contribution in [1.82, 2.24) is 15.5 Å². The molecule has 0 amide bonds. The molecule has 0 spiro atoms. The van der Waals surface area contributed by atoms with Crippen molar-refractivity contribution >= 4 is 0 Å².